The van der Waals surface area contributed by atoms with Gasteiger partial charge in [0, 0.05) is 12.5 Å². The predicted octanol–water partition coefficient (Wildman–Crippen LogP) is 2.32. The lowest BCUT2D eigenvalue weighted by atomic mass is 9.99. The molecule has 0 bridgehead atoms. The second kappa shape index (κ2) is 6.06. The number of ether oxygens (including phenoxy) is 1. The monoisotopic (exact) mass is 288 g/mol. The maximum atomic E-state index is 12.3. The molecule has 0 aromatic heterocycles. The molecule has 21 heavy (non-hydrogen) atoms. The van der Waals surface area contributed by atoms with Gasteiger partial charge in [-0.25, -0.2) is 0 Å². The maximum Gasteiger partial charge on any atom is 0.220 e. The molecule has 2 aliphatic rings. The molecule has 1 amide bonds. The van der Waals surface area contributed by atoms with E-state index in [0.717, 1.165) is 37.9 Å². The Morgan fingerprint density at radius 1 is 1.38 bits per heavy atom. The fourth-order valence-corrected chi connectivity index (χ4v) is 3.77. The minimum absolute atomic E-state index is 0.125. The Morgan fingerprint density at radius 2 is 2.24 bits per heavy atom. The molecule has 3 rings (SSSR count). The van der Waals surface area contributed by atoms with Crippen molar-refractivity contribution in [2.75, 3.05) is 7.11 Å². The first kappa shape index (κ1) is 14.4. The second-order valence-corrected chi connectivity index (χ2v) is 6.25. The molecule has 1 unspecified atom stereocenters. The van der Waals surface area contributed by atoms with Crippen LogP contribution in [0.4, 0.5) is 0 Å². The second-order valence-electron chi connectivity index (χ2n) is 6.25. The molecule has 1 saturated carbocycles. The van der Waals surface area contributed by atoms with Crippen LogP contribution < -0.4 is 15.8 Å². The number of hydrogen-bond donors (Lipinski definition) is 2. The number of hydrogen-bond acceptors (Lipinski definition) is 3. The number of rotatable bonds is 4. The van der Waals surface area contributed by atoms with Crippen molar-refractivity contribution in [2.45, 2.75) is 50.6 Å². The molecule has 0 spiro atoms. The van der Waals surface area contributed by atoms with Gasteiger partial charge in [-0.1, -0.05) is 18.6 Å². The van der Waals surface area contributed by atoms with Gasteiger partial charge in [-0.05, 0) is 48.8 Å². The van der Waals surface area contributed by atoms with Crippen molar-refractivity contribution in [3.05, 3.63) is 29.3 Å². The number of methoxy groups -OCH3 is 1. The van der Waals surface area contributed by atoms with Crippen LogP contribution in [0.2, 0.25) is 0 Å². The highest BCUT2D eigenvalue weighted by Crippen LogP contribution is 2.37. The lowest BCUT2D eigenvalue weighted by Crippen LogP contribution is -2.33. The van der Waals surface area contributed by atoms with Crippen LogP contribution in [0.25, 0.3) is 0 Å². The van der Waals surface area contributed by atoms with Gasteiger partial charge in [0.25, 0.3) is 0 Å². The molecule has 114 valence electrons. The third-order valence-electron chi connectivity index (χ3n) is 4.95. The fourth-order valence-electron chi connectivity index (χ4n) is 3.77. The molecular weight excluding hydrogens is 264 g/mol. The van der Waals surface area contributed by atoms with Gasteiger partial charge in [-0.2, -0.15) is 0 Å². The van der Waals surface area contributed by atoms with E-state index in [2.05, 4.69) is 11.4 Å². The third-order valence-corrected chi connectivity index (χ3v) is 4.95. The number of benzene rings is 1. The van der Waals surface area contributed by atoms with Crippen LogP contribution in [0.15, 0.2) is 18.2 Å². The van der Waals surface area contributed by atoms with Crippen molar-refractivity contribution in [3.8, 4) is 5.75 Å². The van der Waals surface area contributed by atoms with Crippen LogP contribution in [0.3, 0.4) is 0 Å². The Hall–Kier alpha value is -1.55. The Balaban J connectivity index is 1.64. The first-order valence-corrected chi connectivity index (χ1v) is 7.89. The summed E-state index contributed by atoms with van der Waals surface area (Å²) in [6.07, 6.45) is 5.79. The summed E-state index contributed by atoms with van der Waals surface area (Å²) in [5.74, 6) is 1.43. The van der Waals surface area contributed by atoms with Gasteiger partial charge in [0.15, 0.2) is 0 Å². The van der Waals surface area contributed by atoms with Crippen LogP contribution in [0.5, 0.6) is 5.75 Å². The first-order chi connectivity index (χ1) is 10.2. The van der Waals surface area contributed by atoms with Gasteiger partial charge in [-0.15, -0.1) is 0 Å². The molecule has 3 atom stereocenters. The average molecular weight is 288 g/mol. The number of amides is 1. The van der Waals surface area contributed by atoms with Gasteiger partial charge in [0.1, 0.15) is 5.75 Å². The highest BCUT2D eigenvalue weighted by atomic mass is 16.5. The molecule has 1 aromatic rings. The molecule has 0 heterocycles. The third kappa shape index (κ3) is 2.91. The lowest BCUT2D eigenvalue weighted by molar-refractivity contribution is -0.122. The number of carbonyl (C=O) groups is 1. The fraction of sp³-hybridized carbons (Fsp3) is 0.588. The van der Waals surface area contributed by atoms with E-state index in [1.807, 2.05) is 12.1 Å². The number of nitrogens with one attached hydrogen (secondary N) is 1. The van der Waals surface area contributed by atoms with Gasteiger partial charge in [-0.3, -0.25) is 4.79 Å². The van der Waals surface area contributed by atoms with Gasteiger partial charge in [0.2, 0.25) is 5.91 Å². The summed E-state index contributed by atoms with van der Waals surface area (Å²) in [5.41, 5.74) is 8.50. The predicted molar refractivity (Wildman–Crippen MR) is 82.1 cm³/mol. The first-order valence-electron chi connectivity index (χ1n) is 7.89. The minimum atomic E-state index is 0.125. The van der Waals surface area contributed by atoms with Crippen molar-refractivity contribution in [1.29, 1.82) is 0 Å². The molecule has 1 fully saturated rings. The van der Waals surface area contributed by atoms with E-state index >= 15 is 0 Å². The van der Waals surface area contributed by atoms with E-state index < -0.39 is 0 Å². The summed E-state index contributed by atoms with van der Waals surface area (Å²) < 4.78 is 5.40. The molecule has 0 saturated heterocycles. The topological polar surface area (TPSA) is 64.3 Å². The molecule has 0 radical (unpaired) electrons. The zero-order valence-corrected chi connectivity index (χ0v) is 12.6. The SMILES string of the molecule is COc1cccc2c1CCC2NC(=O)C[C@@H]1CCC[C@H]1N. The molecule has 4 nitrogen and oxygen atoms in total. The molecule has 2 aliphatic carbocycles. The molecule has 4 heteroatoms. The molecule has 0 aliphatic heterocycles. The van der Waals surface area contributed by atoms with Crippen molar-refractivity contribution < 1.29 is 9.53 Å². The van der Waals surface area contributed by atoms with E-state index in [9.17, 15) is 4.79 Å². The highest BCUT2D eigenvalue weighted by molar-refractivity contribution is 5.77. The summed E-state index contributed by atoms with van der Waals surface area (Å²) in [4.78, 5) is 12.3. The number of fused-ring (bicyclic) bond motifs is 1. The van der Waals surface area contributed by atoms with E-state index in [1.165, 1.54) is 11.1 Å². The summed E-state index contributed by atoms with van der Waals surface area (Å²) in [6.45, 7) is 0. The zero-order valence-electron chi connectivity index (χ0n) is 12.6. The molecule has 3 N–H and O–H groups in total. The Labute approximate surface area is 126 Å². The average Bonchev–Trinajstić information content (AvgIpc) is 3.06. The van der Waals surface area contributed by atoms with Crippen LogP contribution in [0.1, 0.15) is 49.3 Å². The largest absolute Gasteiger partial charge is 0.496 e. The van der Waals surface area contributed by atoms with E-state index in [-0.39, 0.29) is 18.0 Å². The summed E-state index contributed by atoms with van der Waals surface area (Å²) >= 11 is 0. The van der Waals surface area contributed by atoms with Gasteiger partial charge < -0.3 is 15.8 Å². The van der Waals surface area contributed by atoms with Crippen LogP contribution >= 0.6 is 0 Å². The van der Waals surface area contributed by atoms with E-state index in [1.54, 1.807) is 7.11 Å². The Kier molecular flexibility index (Phi) is 4.15. The smallest absolute Gasteiger partial charge is 0.220 e. The number of carbonyl (C=O) groups excluding carboxylic acids is 1. The van der Waals surface area contributed by atoms with Crippen LogP contribution in [-0.2, 0) is 11.2 Å². The van der Waals surface area contributed by atoms with Crippen molar-refractivity contribution >= 4 is 5.91 Å². The van der Waals surface area contributed by atoms with Crippen molar-refractivity contribution in [2.24, 2.45) is 11.7 Å². The van der Waals surface area contributed by atoms with Crippen molar-refractivity contribution in [3.63, 3.8) is 0 Å². The summed E-state index contributed by atoms with van der Waals surface area (Å²) in [6, 6.07) is 6.40. The van der Waals surface area contributed by atoms with Gasteiger partial charge >= 0.3 is 0 Å². The maximum absolute atomic E-state index is 12.3. The van der Waals surface area contributed by atoms with Crippen LogP contribution in [-0.4, -0.2) is 19.1 Å². The Bertz CT molecular complexity index is 530. The lowest BCUT2D eigenvalue weighted by Gasteiger charge is -2.18. The zero-order chi connectivity index (χ0) is 14.8. The summed E-state index contributed by atoms with van der Waals surface area (Å²) in [7, 11) is 1.70. The normalized spacial score (nSPS) is 27.4. The van der Waals surface area contributed by atoms with Crippen LogP contribution in [0, 0.1) is 5.92 Å². The van der Waals surface area contributed by atoms with Gasteiger partial charge in [0.05, 0.1) is 13.2 Å². The van der Waals surface area contributed by atoms with E-state index in [4.69, 9.17) is 10.5 Å². The molecular formula is C17H24N2O2. The van der Waals surface area contributed by atoms with E-state index in [0.29, 0.717) is 12.3 Å². The highest BCUT2D eigenvalue weighted by Gasteiger charge is 2.29. The standard InChI is InChI=1S/C17H24N2O2/c1-21-16-7-3-5-12-13(16)8-9-15(12)19-17(20)10-11-4-2-6-14(11)18/h3,5,7,11,14-15H,2,4,6,8-10,18H2,1H3,(H,19,20)/t11-,14+,15?/m0/s1. The summed E-state index contributed by atoms with van der Waals surface area (Å²) in [5, 5.41) is 3.18. The Morgan fingerprint density at radius 3 is 2.95 bits per heavy atom. The minimum Gasteiger partial charge on any atom is -0.496 e. The van der Waals surface area contributed by atoms with Crippen molar-refractivity contribution in [1.82, 2.24) is 5.32 Å². The number of nitrogens with two attached hydrogens (primary N) is 1. The molecule has 1 aromatic carbocycles. The quantitative estimate of drug-likeness (QED) is 0.893.